The van der Waals surface area contributed by atoms with E-state index >= 15 is 0 Å². The molecule has 160 valence electrons. The van der Waals surface area contributed by atoms with Crippen molar-refractivity contribution in [1.82, 2.24) is 25.6 Å². The Morgan fingerprint density at radius 1 is 0.906 bits per heavy atom. The summed E-state index contributed by atoms with van der Waals surface area (Å²) in [5, 5.41) is 4.59. The number of hydrogen-bond acceptors (Lipinski definition) is 5. The monoisotopic (exact) mass is 426 g/mol. The number of aromatic nitrogens is 3. The number of para-hydroxylation sites is 1. The molecule has 0 radical (unpaired) electrons. The maximum atomic E-state index is 13.0. The number of benzene rings is 2. The number of rotatable bonds is 5. The number of carbonyl (C=O) groups is 2. The maximum Gasteiger partial charge on any atom is 0.273 e. The van der Waals surface area contributed by atoms with Crippen molar-refractivity contribution in [2.24, 2.45) is 0 Å². The van der Waals surface area contributed by atoms with Gasteiger partial charge in [0.1, 0.15) is 5.69 Å². The molecule has 0 bridgehead atoms. The second kappa shape index (κ2) is 9.13. The minimum Gasteiger partial charge on any atom is -0.378 e. The molecule has 0 aliphatic heterocycles. The molecule has 0 aliphatic carbocycles. The molecule has 2 N–H and O–H groups in total. The fourth-order valence-electron chi connectivity index (χ4n) is 3.15. The lowest BCUT2D eigenvalue weighted by atomic mass is 10.1. The molecule has 2 aromatic heterocycles. The van der Waals surface area contributed by atoms with E-state index < -0.39 is 11.8 Å². The number of amides is 2. The molecule has 0 unspecified atom stereocenters. The van der Waals surface area contributed by atoms with Crippen LogP contribution in [0.25, 0.3) is 16.9 Å². The minimum atomic E-state index is -0.483. The van der Waals surface area contributed by atoms with Gasteiger partial charge in [0.15, 0.2) is 0 Å². The third-order valence-electron chi connectivity index (χ3n) is 4.83. The molecule has 0 saturated heterocycles. The number of hydrazine groups is 1. The Bertz CT molecular complexity index is 1240. The molecule has 2 aromatic carbocycles. The standard InChI is InChI=1S/C24H22N6O2/c1-29(2)20-12-6-8-17(14-20)23(31)26-27-24(32)21-16-30(19-10-4-3-5-11-19)28-22(21)18-9-7-13-25-15-18/h3-16H,1-2H3,(H,26,31)(H,27,32). The van der Waals surface area contributed by atoms with Crippen LogP contribution in [0.1, 0.15) is 20.7 Å². The highest BCUT2D eigenvalue weighted by molar-refractivity contribution is 6.02. The van der Waals surface area contributed by atoms with Crippen LogP contribution in [-0.2, 0) is 0 Å². The molecule has 0 atom stereocenters. The Morgan fingerprint density at radius 2 is 1.69 bits per heavy atom. The largest absolute Gasteiger partial charge is 0.378 e. The molecule has 8 nitrogen and oxygen atoms in total. The van der Waals surface area contributed by atoms with Crippen molar-refractivity contribution in [3.8, 4) is 16.9 Å². The van der Waals surface area contributed by atoms with Crippen molar-refractivity contribution >= 4 is 17.5 Å². The van der Waals surface area contributed by atoms with Crippen LogP contribution in [0.2, 0.25) is 0 Å². The summed E-state index contributed by atoms with van der Waals surface area (Å²) in [7, 11) is 3.78. The first-order chi connectivity index (χ1) is 15.5. The van der Waals surface area contributed by atoms with E-state index in [1.165, 1.54) is 0 Å². The summed E-state index contributed by atoms with van der Waals surface area (Å²) in [5.41, 5.74) is 8.56. The molecule has 0 saturated carbocycles. The average Bonchev–Trinajstić information content (AvgIpc) is 3.29. The predicted octanol–water partition coefficient (Wildman–Crippen LogP) is 3.08. The molecule has 2 heterocycles. The summed E-state index contributed by atoms with van der Waals surface area (Å²) in [6.07, 6.45) is 4.92. The van der Waals surface area contributed by atoms with E-state index in [-0.39, 0.29) is 0 Å². The van der Waals surface area contributed by atoms with Gasteiger partial charge in [0.2, 0.25) is 0 Å². The van der Waals surface area contributed by atoms with Gasteiger partial charge in [-0.25, -0.2) is 4.68 Å². The zero-order valence-electron chi connectivity index (χ0n) is 17.7. The van der Waals surface area contributed by atoms with Crippen LogP contribution < -0.4 is 15.8 Å². The molecule has 32 heavy (non-hydrogen) atoms. The van der Waals surface area contributed by atoms with Crippen LogP contribution >= 0.6 is 0 Å². The van der Waals surface area contributed by atoms with Crippen molar-refractivity contribution in [3.63, 3.8) is 0 Å². The van der Waals surface area contributed by atoms with Gasteiger partial charge >= 0.3 is 0 Å². The summed E-state index contributed by atoms with van der Waals surface area (Å²) in [6.45, 7) is 0. The number of pyridine rings is 1. The highest BCUT2D eigenvalue weighted by Gasteiger charge is 2.19. The van der Waals surface area contributed by atoms with Gasteiger partial charge in [0.25, 0.3) is 11.8 Å². The Hall–Kier alpha value is -4.46. The molecule has 4 rings (SSSR count). The third kappa shape index (κ3) is 4.49. The van der Waals surface area contributed by atoms with Crippen molar-refractivity contribution in [1.29, 1.82) is 0 Å². The van der Waals surface area contributed by atoms with Crippen LogP contribution in [0.4, 0.5) is 5.69 Å². The van der Waals surface area contributed by atoms with Crippen LogP contribution in [-0.4, -0.2) is 40.7 Å². The molecule has 0 spiro atoms. The van der Waals surface area contributed by atoms with Gasteiger partial charge in [-0.15, -0.1) is 0 Å². The van der Waals surface area contributed by atoms with E-state index in [0.29, 0.717) is 22.4 Å². The summed E-state index contributed by atoms with van der Waals surface area (Å²) in [4.78, 5) is 31.6. The maximum absolute atomic E-state index is 13.0. The molecular weight excluding hydrogens is 404 g/mol. The first-order valence-electron chi connectivity index (χ1n) is 9.96. The van der Waals surface area contributed by atoms with Crippen molar-refractivity contribution < 1.29 is 9.59 Å². The zero-order chi connectivity index (χ0) is 22.5. The lowest BCUT2D eigenvalue weighted by Gasteiger charge is -2.13. The molecule has 4 aromatic rings. The quantitative estimate of drug-likeness (QED) is 0.479. The van der Waals surface area contributed by atoms with Gasteiger partial charge in [0, 0.05) is 49.5 Å². The van der Waals surface area contributed by atoms with E-state index in [2.05, 4.69) is 20.9 Å². The molecule has 8 heteroatoms. The number of carbonyl (C=O) groups excluding carboxylic acids is 2. The SMILES string of the molecule is CN(C)c1cccc(C(=O)NNC(=O)c2cn(-c3ccccc3)nc2-c2cccnc2)c1. The minimum absolute atomic E-state index is 0.309. The summed E-state index contributed by atoms with van der Waals surface area (Å²) in [5.74, 6) is -0.899. The molecular formula is C24H22N6O2. The van der Waals surface area contributed by atoms with Crippen LogP contribution in [0.3, 0.4) is 0 Å². The lowest BCUT2D eigenvalue weighted by Crippen LogP contribution is -2.41. The van der Waals surface area contributed by atoms with Gasteiger partial charge < -0.3 is 4.90 Å². The van der Waals surface area contributed by atoms with Crippen molar-refractivity contribution in [2.75, 3.05) is 19.0 Å². The smallest absolute Gasteiger partial charge is 0.273 e. The Kier molecular flexibility index (Phi) is 5.94. The Labute approximate surface area is 185 Å². The fourth-order valence-corrected chi connectivity index (χ4v) is 3.15. The van der Waals surface area contributed by atoms with Crippen LogP contribution in [0.5, 0.6) is 0 Å². The zero-order valence-corrected chi connectivity index (χ0v) is 17.7. The molecule has 0 fully saturated rings. The van der Waals surface area contributed by atoms with Crippen molar-refractivity contribution in [2.45, 2.75) is 0 Å². The van der Waals surface area contributed by atoms with Gasteiger partial charge in [-0.2, -0.15) is 5.10 Å². The summed E-state index contributed by atoms with van der Waals surface area (Å²) < 4.78 is 1.62. The number of nitrogens with one attached hydrogen (secondary N) is 2. The van der Waals surface area contributed by atoms with Gasteiger partial charge in [-0.3, -0.25) is 25.4 Å². The summed E-state index contributed by atoms with van der Waals surface area (Å²) in [6, 6.07) is 20.2. The van der Waals surface area contributed by atoms with Gasteiger partial charge in [0.05, 0.1) is 11.3 Å². The topological polar surface area (TPSA) is 92.2 Å². The first kappa shape index (κ1) is 20.8. The van der Waals surface area contributed by atoms with E-state index in [4.69, 9.17) is 0 Å². The van der Waals surface area contributed by atoms with Crippen LogP contribution in [0.15, 0.2) is 85.3 Å². The van der Waals surface area contributed by atoms with Crippen molar-refractivity contribution in [3.05, 3.63) is 96.4 Å². The fraction of sp³-hybridized carbons (Fsp3) is 0.0833. The van der Waals surface area contributed by atoms with Gasteiger partial charge in [-0.1, -0.05) is 24.3 Å². The lowest BCUT2D eigenvalue weighted by molar-refractivity contribution is 0.0847. The predicted molar refractivity (Wildman–Crippen MR) is 122 cm³/mol. The van der Waals surface area contributed by atoms with E-state index in [9.17, 15) is 9.59 Å². The third-order valence-corrected chi connectivity index (χ3v) is 4.83. The first-order valence-corrected chi connectivity index (χ1v) is 9.96. The molecule has 0 aliphatic rings. The average molecular weight is 426 g/mol. The van der Waals surface area contributed by atoms with E-state index in [1.54, 1.807) is 47.5 Å². The van der Waals surface area contributed by atoms with E-state index in [1.807, 2.05) is 61.5 Å². The van der Waals surface area contributed by atoms with E-state index in [0.717, 1.165) is 11.4 Å². The normalized spacial score (nSPS) is 10.4. The number of hydrogen-bond donors (Lipinski definition) is 2. The second-order valence-corrected chi connectivity index (χ2v) is 7.27. The Balaban J connectivity index is 1.58. The highest BCUT2D eigenvalue weighted by atomic mass is 16.2. The number of anilines is 1. The van der Waals surface area contributed by atoms with Gasteiger partial charge in [-0.05, 0) is 42.5 Å². The second-order valence-electron chi connectivity index (χ2n) is 7.27. The summed E-state index contributed by atoms with van der Waals surface area (Å²) >= 11 is 0. The highest BCUT2D eigenvalue weighted by Crippen LogP contribution is 2.23. The van der Waals surface area contributed by atoms with Crippen LogP contribution in [0, 0.1) is 0 Å². The molecule has 2 amide bonds. The number of nitrogens with zero attached hydrogens (tertiary/aromatic N) is 4. The Morgan fingerprint density at radius 3 is 2.41 bits per heavy atom.